The van der Waals surface area contributed by atoms with Crippen LogP contribution >= 0.6 is 11.3 Å². The highest BCUT2D eigenvalue weighted by Crippen LogP contribution is 2.32. The number of halogens is 1. The normalized spacial score (nSPS) is 12.5. The van der Waals surface area contributed by atoms with Gasteiger partial charge in [-0.05, 0) is 19.9 Å². The van der Waals surface area contributed by atoms with Crippen LogP contribution < -0.4 is 10.5 Å². The van der Waals surface area contributed by atoms with Gasteiger partial charge in [-0.3, -0.25) is 0 Å². The molecule has 2 N–H and O–H groups in total. The quantitative estimate of drug-likeness (QED) is 0.929. The molecule has 0 fully saturated rings. The highest BCUT2D eigenvalue weighted by Gasteiger charge is 2.20. The van der Waals surface area contributed by atoms with Crippen molar-refractivity contribution in [2.45, 2.75) is 19.9 Å². The van der Waals surface area contributed by atoms with Crippen LogP contribution in [0.3, 0.4) is 0 Å². The van der Waals surface area contributed by atoms with Crippen LogP contribution in [0.15, 0.2) is 18.2 Å². The second kappa shape index (κ2) is 5.04. The van der Waals surface area contributed by atoms with E-state index < -0.39 is 11.9 Å². The average molecular weight is 266 g/mol. The van der Waals surface area contributed by atoms with Crippen molar-refractivity contribution in [3.05, 3.63) is 45.2 Å². The van der Waals surface area contributed by atoms with Crippen molar-refractivity contribution < 1.29 is 9.13 Å². The first-order valence-electron chi connectivity index (χ1n) is 5.56. The minimum Gasteiger partial charge on any atom is -0.494 e. The number of hydrogen-bond donors (Lipinski definition) is 1. The van der Waals surface area contributed by atoms with Crippen molar-refractivity contribution in [3.63, 3.8) is 0 Å². The molecule has 18 heavy (non-hydrogen) atoms. The lowest BCUT2D eigenvalue weighted by atomic mass is 10.0. The summed E-state index contributed by atoms with van der Waals surface area (Å²) in [4.78, 5) is 5.20. The zero-order valence-electron chi connectivity index (χ0n) is 10.5. The molecule has 0 saturated carbocycles. The van der Waals surface area contributed by atoms with Gasteiger partial charge in [0, 0.05) is 10.4 Å². The first-order chi connectivity index (χ1) is 8.54. The Morgan fingerprint density at radius 3 is 2.67 bits per heavy atom. The van der Waals surface area contributed by atoms with E-state index in [4.69, 9.17) is 10.5 Å². The molecule has 1 unspecified atom stereocenters. The van der Waals surface area contributed by atoms with Crippen LogP contribution in [0.1, 0.15) is 27.2 Å². The molecule has 0 radical (unpaired) electrons. The zero-order chi connectivity index (χ0) is 13.3. The molecule has 1 aromatic heterocycles. The van der Waals surface area contributed by atoms with Gasteiger partial charge in [0.05, 0.1) is 23.9 Å². The summed E-state index contributed by atoms with van der Waals surface area (Å²) in [5, 5.41) is 0.932. The number of hydrogen-bond acceptors (Lipinski definition) is 4. The van der Waals surface area contributed by atoms with Gasteiger partial charge in [0.25, 0.3) is 0 Å². The van der Waals surface area contributed by atoms with Crippen LogP contribution in [-0.4, -0.2) is 12.1 Å². The van der Waals surface area contributed by atoms with Gasteiger partial charge in [-0.2, -0.15) is 0 Å². The highest BCUT2D eigenvalue weighted by molar-refractivity contribution is 7.11. The van der Waals surface area contributed by atoms with Crippen LogP contribution in [0.25, 0.3) is 0 Å². The molecule has 0 spiro atoms. The maximum atomic E-state index is 14.1. The number of aromatic nitrogens is 1. The maximum Gasteiger partial charge on any atom is 0.170 e. The van der Waals surface area contributed by atoms with E-state index in [1.165, 1.54) is 18.4 Å². The summed E-state index contributed by atoms with van der Waals surface area (Å²) in [6, 6.07) is 4.49. The molecule has 0 aliphatic heterocycles. The maximum absolute atomic E-state index is 14.1. The SMILES string of the molecule is COc1cccc(C(N)c2sc(C)nc2C)c1F. The summed E-state index contributed by atoms with van der Waals surface area (Å²) >= 11 is 1.50. The van der Waals surface area contributed by atoms with E-state index in [-0.39, 0.29) is 5.75 Å². The predicted octanol–water partition coefficient (Wildman–Crippen LogP) is 2.96. The van der Waals surface area contributed by atoms with Gasteiger partial charge < -0.3 is 10.5 Å². The molecule has 0 amide bonds. The van der Waals surface area contributed by atoms with Gasteiger partial charge in [0.1, 0.15) is 0 Å². The zero-order valence-corrected chi connectivity index (χ0v) is 11.3. The summed E-state index contributed by atoms with van der Waals surface area (Å²) in [6.07, 6.45) is 0. The average Bonchev–Trinajstić information content (AvgIpc) is 2.68. The standard InChI is InChI=1S/C13H15FN2OS/c1-7-13(18-8(2)16-7)12(15)9-5-4-6-10(17-3)11(9)14/h4-6,12H,15H2,1-3H3. The Bertz CT molecular complexity index is 568. The Balaban J connectivity index is 2.46. The Hall–Kier alpha value is -1.46. The van der Waals surface area contributed by atoms with E-state index in [9.17, 15) is 4.39 Å². The molecule has 0 aliphatic carbocycles. The Kier molecular flexibility index (Phi) is 3.63. The van der Waals surface area contributed by atoms with E-state index in [2.05, 4.69) is 4.98 Å². The lowest BCUT2D eigenvalue weighted by molar-refractivity contribution is 0.383. The van der Waals surface area contributed by atoms with E-state index in [1.807, 2.05) is 13.8 Å². The molecule has 0 saturated heterocycles. The van der Waals surface area contributed by atoms with Gasteiger partial charge in [-0.15, -0.1) is 11.3 Å². The highest BCUT2D eigenvalue weighted by atomic mass is 32.1. The van der Waals surface area contributed by atoms with Gasteiger partial charge in [0.2, 0.25) is 0 Å². The molecule has 2 aromatic rings. The van der Waals surface area contributed by atoms with Crippen molar-refractivity contribution in [2.24, 2.45) is 5.73 Å². The van der Waals surface area contributed by atoms with Gasteiger partial charge in [0.15, 0.2) is 11.6 Å². The third-order valence-electron chi connectivity index (χ3n) is 2.77. The topological polar surface area (TPSA) is 48.1 Å². The van der Waals surface area contributed by atoms with Crippen LogP contribution in [0.5, 0.6) is 5.75 Å². The molecular formula is C13H15FN2OS. The summed E-state index contributed by atoms with van der Waals surface area (Å²) in [5.74, 6) is -0.195. The van der Waals surface area contributed by atoms with E-state index in [1.54, 1.807) is 18.2 Å². The summed E-state index contributed by atoms with van der Waals surface area (Å²) in [5.41, 5.74) is 7.42. The van der Waals surface area contributed by atoms with Gasteiger partial charge in [-0.1, -0.05) is 12.1 Å². The third-order valence-corrected chi connectivity index (χ3v) is 3.93. The number of nitrogens with two attached hydrogens (primary N) is 1. The number of rotatable bonds is 3. The van der Waals surface area contributed by atoms with Gasteiger partial charge >= 0.3 is 0 Å². The fourth-order valence-electron chi connectivity index (χ4n) is 1.90. The second-order valence-corrected chi connectivity index (χ2v) is 5.26. The summed E-state index contributed by atoms with van der Waals surface area (Å²) in [6.45, 7) is 3.80. The van der Waals surface area contributed by atoms with Crippen LogP contribution in [0.2, 0.25) is 0 Å². The smallest absolute Gasteiger partial charge is 0.170 e. The van der Waals surface area contributed by atoms with Crippen LogP contribution in [-0.2, 0) is 0 Å². The lowest BCUT2D eigenvalue weighted by Crippen LogP contribution is -2.13. The molecule has 1 aromatic carbocycles. The number of ether oxygens (including phenoxy) is 1. The van der Waals surface area contributed by atoms with Crippen molar-refractivity contribution in [1.82, 2.24) is 4.98 Å². The molecule has 3 nitrogen and oxygen atoms in total. The summed E-state index contributed by atoms with van der Waals surface area (Å²) in [7, 11) is 1.44. The molecule has 96 valence electrons. The Morgan fingerprint density at radius 2 is 2.11 bits per heavy atom. The second-order valence-electron chi connectivity index (χ2n) is 4.02. The van der Waals surface area contributed by atoms with Crippen molar-refractivity contribution >= 4 is 11.3 Å². The van der Waals surface area contributed by atoms with E-state index in [0.29, 0.717) is 5.56 Å². The molecule has 5 heteroatoms. The van der Waals surface area contributed by atoms with E-state index >= 15 is 0 Å². The lowest BCUT2D eigenvalue weighted by Gasteiger charge is -2.13. The molecule has 2 rings (SSSR count). The van der Waals surface area contributed by atoms with Crippen molar-refractivity contribution in [1.29, 1.82) is 0 Å². The van der Waals surface area contributed by atoms with Crippen molar-refractivity contribution in [3.8, 4) is 5.75 Å². The number of benzene rings is 1. The van der Waals surface area contributed by atoms with Gasteiger partial charge in [-0.25, -0.2) is 9.37 Å². The predicted molar refractivity (Wildman–Crippen MR) is 70.6 cm³/mol. The number of methoxy groups -OCH3 is 1. The van der Waals surface area contributed by atoms with Crippen LogP contribution in [0.4, 0.5) is 4.39 Å². The fourth-order valence-corrected chi connectivity index (χ4v) is 2.85. The number of nitrogens with zero attached hydrogens (tertiary/aromatic N) is 1. The summed E-state index contributed by atoms with van der Waals surface area (Å²) < 4.78 is 19.1. The van der Waals surface area contributed by atoms with Crippen molar-refractivity contribution in [2.75, 3.05) is 7.11 Å². The first kappa shape index (κ1) is 13.0. The molecule has 0 bridgehead atoms. The Morgan fingerprint density at radius 1 is 1.39 bits per heavy atom. The molecule has 1 atom stereocenters. The number of thiazole rings is 1. The van der Waals surface area contributed by atoms with E-state index in [0.717, 1.165) is 15.6 Å². The fraction of sp³-hybridized carbons (Fsp3) is 0.308. The largest absolute Gasteiger partial charge is 0.494 e. The monoisotopic (exact) mass is 266 g/mol. The van der Waals surface area contributed by atoms with Crippen LogP contribution in [0, 0.1) is 19.7 Å². The number of aryl methyl sites for hydroxylation is 2. The first-order valence-corrected chi connectivity index (χ1v) is 6.38. The molecule has 0 aliphatic rings. The Labute approximate surface area is 109 Å². The molecular weight excluding hydrogens is 251 g/mol. The third kappa shape index (κ3) is 2.23. The minimum atomic E-state index is -0.508. The molecule has 1 heterocycles. The minimum absolute atomic E-state index is 0.210.